The van der Waals surface area contributed by atoms with Gasteiger partial charge in [0.2, 0.25) is 0 Å². The van der Waals surface area contributed by atoms with Gasteiger partial charge in [-0.05, 0) is 36.2 Å². The Kier molecular flexibility index (Phi) is 4.35. The van der Waals surface area contributed by atoms with Crippen molar-refractivity contribution in [1.29, 1.82) is 5.26 Å². The Morgan fingerprint density at radius 3 is 2.61 bits per heavy atom. The average Bonchev–Trinajstić information content (AvgIpc) is 2.61. The van der Waals surface area contributed by atoms with E-state index in [1.54, 1.807) is 12.3 Å². The van der Waals surface area contributed by atoms with Crippen molar-refractivity contribution >= 4 is 0 Å². The SMILES string of the molecule is Cc1ncccc1-c1ccc(C#N)c(OCc2ccccc2)c1. The lowest BCUT2D eigenvalue weighted by Gasteiger charge is -2.11. The molecular weight excluding hydrogens is 284 g/mol. The third-order valence-corrected chi connectivity index (χ3v) is 3.66. The summed E-state index contributed by atoms with van der Waals surface area (Å²) in [4.78, 5) is 4.32. The summed E-state index contributed by atoms with van der Waals surface area (Å²) in [6.07, 6.45) is 1.77. The zero-order chi connectivity index (χ0) is 16.1. The largest absolute Gasteiger partial charge is 0.488 e. The van der Waals surface area contributed by atoms with Crippen molar-refractivity contribution in [1.82, 2.24) is 4.98 Å². The fourth-order valence-electron chi connectivity index (χ4n) is 2.43. The normalized spacial score (nSPS) is 10.1. The maximum atomic E-state index is 9.29. The van der Waals surface area contributed by atoms with Crippen molar-refractivity contribution in [2.45, 2.75) is 13.5 Å². The Balaban J connectivity index is 1.91. The smallest absolute Gasteiger partial charge is 0.138 e. The van der Waals surface area contributed by atoms with Crippen molar-refractivity contribution in [3.63, 3.8) is 0 Å². The van der Waals surface area contributed by atoms with E-state index in [9.17, 15) is 5.26 Å². The molecule has 23 heavy (non-hydrogen) atoms. The second-order valence-corrected chi connectivity index (χ2v) is 5.23. The van der Waals surface area contributed by atoms with Gasteiger partial charge in [-0.25, -0.2) is 0 Å². The number of hydrogen-bond donors (Lipinski definition) is 0. The number of nitrogens with zero attached hydrogens (tertiary/aromatic N) is 2. The van der Waals surface area contributed by atoms with Gasteiger partial charge >= 0.3 is 0 Å². The highest BCUT2D eigenvalue weighted by Gasteiger charge is 2.09. The summed E-state index contributed by atoms with van der Waals surface area (Å²) in [7, 11) is 0. The first-order valence-electron chi connectivity index (χ1n) is 7.41. The van der Waals surface area contributed by atoms with E-state index in [1.807, 2.05) is 61.5 Å². The van der Waals surface area contributed by atoms with Crippen LogP contribution in [0.15, 0.2) is 66.9 Å². The summed E-state index contributed by atoms with van der Waals surface area (Å²) in [5.74, 6) is 0.595. The van der Waals surface area contributed by atoms with Crippen molar-refractivity contribution in [2.75, 3.05) is 0 Å². The molecule has 0 atom stereocenters. The van der Waals surface area contributed by atoms with Gasteiger partial charge in [-0.15, -0.1) is 0 Å². The maximum absolute atomic E-state index is 9.29. The Morgan fingerprint density at radius 1 is 1.04 bits per heavy atom. The van der Waals surface area contributed by atoms with Crippen molar-refractivity contribution in [3.8, 4) is 22.9 Å². The molecule has 0 aliphatic rings. The van der Waals surface area contributed by atoms with E-state index in [2.05, 4.69) is 11.1 Å². The summed E-state index contributed by atoms with van der Waals surface area (Å²) in [5, 5.41) is 9.29. The number of ether oxygens (including phenoxy) is 1. The van der Waals surface area contributed by atoms with Gasteiger partial charge in [0.1, 0.15) is 18.4 Å². The zero-order valence-corrected chi connectivity index (χ0v) is 12.9. The third-order valence-electron chi connectivity index (χ3n) is 3.66. The first-order valence-corrected chi connectivity index (χ1v) is 7.41. The van der Waals surface area contributed by atoms with E-state index in [4.69, 9.17) is 4.74 Å². The van der Waals surface area contributed by atoms with E-state index in [0.29, 0.717) is 17.9 Å². The van der Waals surface area contributed by atoms with Crippen LogP contribution in [0.5, 0.6) is 5.75 Å². The highest BCUT2D eigenvalue weighted by molar-refractivity contribution is 5.68. The summed E-state index contributed by atoms with van der Waals surface area (Å²) in [6, 6.07) is 21.7. The van der Waals surface area contributed by atoms with E-state index in [0.717, 1.165) is 22.4 Å². The number of hydrogen-bond acceptors (Lipinski definition) is 3. The van der Waals surface area contributed by atoms with E-state index < -0.39 is 0 Å². The number of nitriles is 1. The molecule has 1 heterocycles. The Bertz CT molecular complexity index is 851. The van der Waals surface area contributed by atoms with Crippen LogP contribution in [0.1, 0.15) is 16.8 Å². The molecule has 0 spiro atoms. The molecule has 3 rings (SSSR count). The molecule has 0 saturated carbocycles. The average molecular weight is 300 g/mol. The lowest BCUT2D eigenvalue weighted by Crippen LogP contribution is -1.98. The summed E-state index contributed by atoms with van der Waals surface area (Å²) >= 11 is 0. The monoisotopic (exact) mass is 300 g/mol. The van der Waals surface area contributed by atoms with Crippen molar-refractivity contribution < 1.29 is 4.74 Å². The predicted octanol–water partition coefficient (Wildman–Crippen LogP) is 4.51. The summed E-state index contributed by atoms with van der Waals surface area (Å²) in [5.41, 5.74) is 4.59. The molecule has 0 radical (unpaired) electrons. The van der Waals surface area contributed by atoms with Gasteiger partial charge in [0.05, 0.1) is 5.56 Å². The van der Waals surface area contributed by atoms with Gasteiger partial charge < -0.3 is 4.74 Å². The molecule has 0 aliphatic carbocycles. The minimum absolute atomic E-state index is 0.436. The lowest BCUT2D eigenvalue weighted by atomic mass is 10.0. The van der Waals surface area contributed by atoms with Crippen LogP contribution in [-0.4, -0.2) is 4.98 Å². The molecule has 3 nitrogen and oxygen atoms in total. The number of benzene rings is 2. The fraction of sp³-hybridized carbons (Fsp3) is 0.100. The minimum Gasteiger partial charge on any atom is -0.488 e. The third kappa shape index (κ3) is 3.38. The van der Waals surface area contributed by atoms with Gasteiger partial charge in [-0.3, -0.25) is 4.98 Å². The first kappa shape index (κ1) is 14.8. The van der Waals surface area contributed by atoms with Gasteiger partial charge in [-0.1, -0.05) is 42.5 Å². The molecule has 0 fully saturated rings. The van der Waals surface area contributed by atoms with E-state index in [1.165, 1.54) is 0 Å². The van der Waals surface area contributed by atoms with E-state index >= 15 is 0 Å². The number of pyridine rings is 1. The molecule has 0 amide bonds. The fourth-order valence-corrected chi connectivity index (χ4v) is 2.43. The van der Waals surface area contributed by atoms with Gasteiger partial charge in [0.25, 0.3) is 0 Å². The van der Waals surface area contributed by atoms with Crippen LogP contribution >= 0.6 is 0 Å². The molecule has 3 aromatic rings. The molecule has 2 aromatic carbocycles. The second kappa shape index (κ2) is 6.76. The van der Waals surface area contributed by atoms with E-state index in [-0.39, 0.29) is 0 Å². The second-order valence-electron chi connectivity index (χ2n) is 5.23. The van der Waals surface area contributed by atoms with Crippen LogP contribution in [0.25, 0.3) is 11.1 Å². The quantitative estimate of drug-likeness (QED) is 0.712. The predicted molar refractivity (Wildman–Crippen MR) is 89.9 cm³/mol. The highest BCUT2D eigenvalue weighted by Crippen LogP contribution is 2.29. The van der Waals surface area contributed by atoms with Crippen LogP contribution in [0.3, 0.4) is 0 Å². The zero-order valence-electron chi connectivity index (χ0n) is 12.9. The standard InChI is InChI=1S/C20H16N2O/c1-15-19(8-5-11-22-15)17-9-10-18(13-21)20(12-17)23-14-16-6-3-2-4-7-16/h2-12H,14H2,1H3. The highest BCUT2D eigenvalue weighted by atomic mass is 16.5. The Labute approximate surface area is 135 Å². The first-order chi connectivity index (χ1) is 11.3. The van der Waals surface area contributed by atoms with Gasteiger partial charge in [-0.2, -0.15) is 5.26 Å². The molecule has 0 N–H and O–H groups in total. The maximum Gasteiger partial charge on any atom is 0.138 e. The summed E-state index contributed by atoms with van der Waals surface area (Å²) in [6.45, 7) is 2.41. The lowest BCUT2D eigenvalue weighted by molar-refractivity contribution is 0.305. The molecule has 1 aromatic heterocycles. The van der Waals surface area contributed by atoms with Gasteiger partial charge in [0.15, 0.2) is 0 Å². The molecule has 3 heteroatoms. The van der Waals surface area contributed by atoms with Crippen LogP contribution in [-0.2, 0) is 6.61 Å². The topological polar surface area (TPSA) is 45.9 Å². The van der Waals surface area contributed by atoms with Crippen LogP contribution in [0.2, 0.25) is 0 Å². The van der Waals surface area contributed by atoms with Crippen molar-refractivity contribution in [3.05, 3.63) is 83.7 Å². The number of aryl methyl sites for hydroxylation is 1. The van der Waals surface area contributed by atoms with Crippen LogP contribution in [0, 0.1) is 18.3 Å². The van der Waals surface area contributed by atoms with Crippen molar-refractivity contribution in [2.24, 2.45) is 0 Å². The van der Waals surface area contributed by atoms with Crippen LogP contribution in [0.4, 0.5) is 0 Å². The molecule has 0 unspecified atom stereocenters. The number of aromatic nitrogens is 1. The molecular formula is C20H16N2O. The Hall–Kier alpha value is -3.12. The van der Waals surface area contributed by atoms with Crippen LogP contribution < -0.4 is 4.74 Å². The molecule has 0 bridgehead atoms. The Morgan fingerprint density at radius 2 is 1.87 bits per heavy atom. The molecule has 0 aliphatic heterocycles. The van der Waals surface area contributed by atoms with Gasteiger partial charge in [0, 0.05) is 17.5 Å². The summed E-state index contributed by atoms with van der Waals surface area (Å²) < 4.78 is 5.87. The molecule has 0 saturated heterocycles. The number of rotatable bonds is 4. The minimum atomic E-state index is 0.436. The molecule has 112 valence electrons.